The van der Waals surface area contributed by atoms with E-state index in [-0.39, 0.29) is 204 Å². The Kier molecular flexibility index (Phi) is 39.1. The van der Waals surface area contributed by atoms with E-state index in [9.17, 15) is 61.2 Å². The van der Waals surface area contributed by atoms with Crippen molar-refractivity contribution in [2.75, 3.05) is 101 Å². The van der Waals surface area contributed by atoms with E-state index in [0.717, 1.165) is 0 Å². The summed E-state index contributed by atoms with van der Waals surface area (Å²) in [4.78, 5) is 155. The number of carbonyl (C=O) groups is 11. The van der Waals surface area contributed by atoms with E-state index in [4.69, 9.17) is 29.4 Å². The molecule has 104 heavy (non-hydrogen) atoms. The second-order valence-electron chi connectivity index (χ2n) is 29.0. The molecule has 0 aliphatic carbocycles. The van der Waals surface area contributed by atoms with Gasteiger partial charge in [-0.15, -0.1) is 0 Å². The second kappa shape index (κ2) is 45.2. The van der Waals surface area contributed by atoms with Crippen molar-refractivity contribution in [1.29, 1.82) is 0 Å². The van der Waals surface area contributed by atoms with Crippen LogP contribution in [0.5, 0.6) is 0 Å². The van der Waals surface area contributed by atoms with Crippen molar-refractivity contribution in [1.82, 2.24) is 35.0 Å². The van der Waals surface area contributed by atoms with Crippen molar-refractivity contribution < 1.29 is 84.8 Å². The number of likely N-dealkylation sites (tertiary alicyclic amines) is 2. The molecule has 28 heteroatoms. The third-order valence-corrected chi connectivity index (χ3v) is 22.2. The van der Waals surface area contributed by atoms with Gasteiger partial charge in [-0.3, -0.25) is 62.5 Å². The monoisotopic (exact) mass is 1500 g/mol. The maximum atomic E-state index is 14.7. The number of methoxy groups -OCH3 is 2. The summed E-state index contributed by atoms with van der Waals surface area (Å²) in [6.07, 6.45) is 2.04. The third kappa shape index (κ3) is 28.6. The number of rotatable bonds is 51. The minimum Gasteiger partial charge on any atom is -0.379 e. The number of urea groups is 1. The van der Waals surface area contributed by atoms with E-state index in [0.29, 0.717) is 36.9 Å². The number of carbonyl (C=O) groups excluding carboxylic acids is 11. The summed E-state index contributed by atoms with van der Waals surface area (Å²) in [6.45, 7) is 19.0. The standard InChI is InChI=1S/C76H120N8O18S2/c1-16-51(8)70(82(12)74(93)59(49(4)5)44-64(88)69(50(6)7)81(10)11)65(98-13)45-67(89)83-32-21-25-61(83)71(99-14)52(9)62(86)42-56(40-53-22-18-17-19-23-53)72(91)80-104(96,97)47-55-28-26-54(27-29-55)41-63(87)60(24-20-31-78-76(77)95)79-73(92)58(48(2)3)43-57(85)30-34-100-36-38-102-39-37-101-35-33-84-68(90)46-66(103-15)75(84)94/h17-19,22-23,26-29,48-52,56,58-61,65-66,69-71H,16,20-21,24-25,30-47H2,1-15H3,(H,79,92)(H,80,91)(H3,77,78,95)/t51-,52-,56+,58-,59-,60-,61-,65+,66?,69-,70-,71+/m0/s1. The Hall–Kier alpha value is -6.53. The van der Waals surface area contributed by atoms with Gasteiger partial charge in [-0.25, -0.2) is 13.2 Å². The first kappa shape index (κ1) is 89.9. The van der Waals surface area contributed by atoms with Crippen LogP contribution in [-0.2, 0) is 100 Å². The van der Waals surface area contributed by atoms with Crippen LogP contribution >= 0.6 is 11.8 Å². The largest absolute Gasteiger partial charge is 0.379 e. The van der Waals surface area contributed by atoms with Crippen LogP contribution in [0.15, 0.2) is 54.6 Å². The fourth-order valence-corrected chi connectivity index (χ4v) is 15.8. The number of benzene rings is 2. The first-order valence-electron chi connectivity index (χ1n) is 36.7. The van der Waals surface area contributed by atoms with Crippen molar-refractivity contribution in [3.8, 4) is 0 Å². The molecule has 5 N–H and O–H groups in total. The molecule has 1 unspecified atom stereocenters. The summed E-state index contributed by atoms with van der Waals surface area (Å²) in [5, 5.41) is 4.99. The molecule has 2 aromatic carbocycles. The average molecular weight is 1500 g/mol. The molecule has 4 rings (SSSR count). The number of nitrogens with two attached hydrogens (primary N) is 1. The Morgan fingerprint density at radius 3 is 1.88 bits per heavy atom. The lowest BCUT2D eigenvalue weighted by Gasteiger charge is -2.41. The fraction of sp³-hybridized carbons (Fsp3) is 0.697. The van der Waals surface area contributed by atoms with Crippen LogP contribution in [0.25, 0.3) is 0 Å². The van der Waals surface area contributed by atoms with Gasteiger partial charge in [0.15, 0.2) is 11.6 Å². The van der Waals surface area contributed by atoms with Crippen molar-refractivity contribution in [2.24, 2.45) is 53.1 Å². The highest BCUT2D eigenvalue weighted by atomic mass is 32.2. The highest BCUT2D eigenvalue weighted by Gasteiger charge is 2.45. The third-order valence-electron chi connectivity index (χ3n) is 20.0. The molecule has 0 aromatic heterocycles. The molecule has 0 saturated carbocycles. The van der Waals surface area contributed by atoms with Gasteiger partial charge in [-0.2, -0.15) is 11.8 Å². The summed E-state index contributed by atoms with van der Waals surface area (Å²) < 4.78 is 58.9. The molecule has 8 amide bonds. The maximum absolute atomic E-state index is 14.7. The van der Waals surface area contributed by atoms with Crippen LogP contribution < -0.4 is 21.1 Å². The van der Waals surface area contributed by atoms with Crippen molar-refractivity contribution in [3.05, 3.63) is 71.3 Å². The number of ether oxygens (including phenoxy) is 5. The van der Waals surface area contributed by atoms with E-state index < -0.39 is 87.6 Å². The molecule has 584 valence electrons. The number of nitrogens with one attached hydrogen (secondary N) is 3. The molecule has 2 aliphatic heterocycles. The van der Waals surface area contributed by atoms with Crippen LogP contribution in [0, 0.1) is 47.3 Å². The van der Waals surface area contributed by atoms with E-state index >= 15 is 0 Å². The van der Waals surface area contributed by atoms with Gasteiger partial charge in [0.05, 0.1) is 100.0 Å². The number of imide groups is 1. The maximum Gasteiger partial charge on any atom is 0.312 e. The SMILES string of the molecule is CC[C@H](C)[C@@H]([C@@H](CC(=O)N1CCC[C@H]1[C@H](OC)[C@@H](C)C(=O)C[C@@H](Cc1ccccc1)C(=O)NS(=O)(=O)Cc1ccc(CC(=O)[C@H](CCCNC(N)=O)NC(=O)[C@@H](CC(=O)CCOCCOCCOCCN2C(=O)CC(SC)C2=O)C(C)C)cc1)OC)N(C)C(=O)[C@@H](CC(=O)[C@H](C(C)C)N(C)C)C(C)C. The number of thioether (sulfide) groups is 1. The molecule has 2 aromatic rings. The minimum absolute atomic E-state index is 0.00877. The molecule has 0 bridgehead atoms. The number of Topliss-reactive ketones (excluding diaryl/α,β-unsaturated/α-hetero) is 4. The Morgan fingerprint density at radius 1 is 0.712 bits per heavy atom. The number of hydrogen-bond acceptors (Lipinski definition) is 20. The van der Waals surface area contributed by atoms with Crippen LogP contribution in [0.2, 0.25) is 0 Å². The first-order valence-corrected chi connectivity index (χ1v) is 39.6. The molecule has 0 spiro atoms. The number of primary amides is 1. The van der Waals surface area contributed by atoms with Gasteiger partial charge < -0.3 is 49.9 Å². The molecule has 2 aliphatic rings. The highest BCUT2D eigenvalue weighted by molar-refractivity contribution is 8.00. The van der Waals surface area contributed by atoms with Gasteiger partial charge in [-0.05, 0) is 92.8 Å². The minimum atomic E-state index is -4.40. The molecular weight excluding hydrogens is 1380 g/mol. The van der Waals surface area contributed by atoms with Crippen molar-refractivity contribution in [3.63, 3.8) is 0 Å². The van der Waals surface area contributed by atoms with Crippen LogP contribution in [-0.4, -0.2) is 235 Å². The van der Waals surface area contributed by atoms with Gasteiger partial charge >= 0.3 is 6.03 Å². The second-order valence-corrected chi connectivity index (χ2v) is 31.8. The van der Waals surface area contributed by atoms with Crippen molar-refractivity contribution >= 4 is 86.4 Å². The zero-order chi connectivity index (χ0) is 77.5. The van der Waals surface area contributed by atoms with E-state index in [2.05, 4.69) is 15.4 Å². The normalized spacial score (nSPS) is 17.8. The van der Waals surface area contributed by atoms with Crippen molar-refractivity contribution in [2.45, 2.75) is 193 Å². The molecule has 2 heterocycles. The van der Waals surface area contributed by atoms with E-state index in [1.54, 1.807) is 86.3 Å². The predicted molar refractivity (Wildman–Crippen MR) is 398 cm³/mol. The van der Waals surface area contributed by atoms with Gasteiger partial charge in [0.25, 0.3) is 0 Å². The smallest absolute Gasteiger partial charge is 0.312 e. The topological polar surface area (TPSA) is 343 Å². The molecule has 0 radical (unpaired) electrons. The Morgan fingerprint density at radius 2 is 1.33 bits per heavy atom. The lowest BCUT2D eigenvalue weighted by molar-refractivity contribution is -0.149. The van der Waals surface area contributed by atoms with E-state index in [1.165, 1.54) is 43.0 Å². The Balaban J connectivity index is 1.38. The van der Waals surface area contributed by atoms with Gasteiger partial charge in [-0.1, -0.05) is 123 Å². The number of ketones is 4. The number of hydrogen-bond donors (Lipinski definition) is 4. The zero-order valence-corrected chi connectivity index (χ0v) is 65.8. The van der Waals surface area contributed by atoms with E-state index in [1.807, 2.05) is 60.5 Å². The Labute approximate surface area is 621 Å². The summed E-state index contributed by atoms with van der Waals surface area (Å²) in [5.74, 6) is -7.77. The van der Waals surface area contributed by atoms with Gasteiger partial charge in [0, 0.05) is 96.6 Å². The zero-order valence-electron chi connectivity index (χ0n) is 64.2. The number of likely N-dealkylation sites (N-methyl/N-ethyl adjacent to an activating group) is 2. The number of nitrogens with zero attached hydrogens (tertiary/aromatic N) is 4. The fourth-order valence-electron chi connectivity index (χ4n) is 14.0. The lowest BCUT2D eigenvalue weighted by Crippen LogP contribution is -2.54. The summed E-state index contributed by atoms with van der Waals surface area (Å²) in [5.41, 5.74) is 6.73. The number of sulfonamides is 1. The highest BCUT2D eigenvalue weighted by Crippen LogP contribution is 2.33. The summed E-state index contributed by atoms with van der Waals surface area (Å²) >= 11 is 1.35. The van der Waals surface area contributed by atoms with Crippen LogP contribution in [0.3, 0.4) is 0 Å². The van der Waals surface area contributed by atoms with Crippen LogP contribution in [0.1, 0.15) is 150 Å². The van der Waals surface area contributed by atoms with Gasteiger partial charge in [0.1, 0.15) is 11.6 Å². The molecule has 26 nitrogen and oxygen atoms in total. The Bertz CT molecular complexity index is 3220. The van der Waals surface area contributed by atoms with Crippen LogP contribution in [0.4, 0.5) is 4.79 Å². The first-order chi connectivity index (χ1) is 49.2. The molecular formula is C76H120N8O18S2. The number of amides is 8. The predicted octanol–water partition coefficient (Wildman–Crippen LogP) is 6.40. The average Bonchev–Trinajstić information content (AvgIpc) is 0.909. The molecule has 2 fully saturated rings. The lowest BCUT2D eigenvalue weighted by atomic mass is 9.83. The summed E-state index contributed by atoms with van der Waals surface area (Å²) in [7, 11) is 4.05. The molecule has 2 saturated heterocycles. The van der Waals surface area contributed by atoms with Gasteiger partial charge in [0.2, 0.25) is 45.5 Å². The molecule has 12 atom stereocenters. The quantitative estimate of drug-likeness (QED) is 0.0411. The summed E-state index contributed by atoms with van der Waals surface area (Å²) in [6, 6.07) is 11.8.